The molecule has 0 aliphatic heterocycles. The summed E-state index contributed by atoms with van der Waals surface area (Å²) in [5.74, 6) is 0. The molecule has 0 saturated heterocycles. The zero-order chi connectivity index (χ0) is 6.78. The van der Waals surface area contributed by atoms with Gasteiger partial charge in [-0.15, -0.1) is 0 Å². The summed E-state index contributed by atoms with van der Waals surface area (Å²) < 4.78 is 0. The molecule has 0 aliphatic rings. The Hall–Kier alpha value is -0.510. The van der Waals surface area contributed by atoms with Crippen LogP contribution >= 0.6 is 0 Å². The van der Waals surface area contributed by atoms with E-state index in [0.717, 1.165) is 0 Å². The van der Waals surface area contributed by atoms with Crippen LogP contribution in [0.2, 0.25) is 0 Å². The van der Waals surface area contributed by atoms with Crippen LogP contribution in [0.5, 0.6) is 0 Å². The highest BCUT2D eigenvalue weighted by Gasteiger charge is 2.23. The molecule has 0 unspecified atom stereocenters. The van der Waals surface area contributed by atoms with Crippen molar-refractivity contribution in [3.8, 4) is 0 Å². The van der Waals surface area contributed by atoms with Gasteiger partial charge < -0.3 is 4.85 Å². The van der Waals surface area contributed by atoms with Crippen molar-refractivity contribution >= 4 is 0 Å². The van der Waals surface area contributed by atoms with Gasteiger partial charge in [-0.2, -0.15) is 0 Å². The predicted octanol–water partition coefficient (Wildman–Crippen LogP) is 2.34. The first-order chi connectivity index (χ1) is 3.48. The van der Waals surface area contributed by atoms with Gasteiger partial charge in [-0.3, -0.25) is 0 Å². The Morgan fingerprint density at radius 3 is 1.75 bits per heavy atom. The molecule has 0 aromatic carbocycles. The second-order valence-corrected chi connectivity index (χ2v) is 3.17. The standard InChI is InChI=1S/C7H13N/c1-6(8-5)7(2,3)4/h6H,1-4H3/t6-/m0/s1. The summed E-state index contributed by atoms with van der Waals surface area (Å²) in [6.45, 7) is 14.9. The molecule has 46 valence electrons. The molecule has 0 rings (SSSR count). The Kier molecular flexibility index (Phi) is 2.03. The van der Waals surface area contributed by atoms with Gasteiger partial charge in [0.1, 0.15) is 0 Å². The van der Waals surface area contributed by atoms with Crippen LogP contribution in [-0.4, -0.2) is 6.04 Å². The second-order valence-electron chi connectivity index (χ2n) is 3.17. The van der Waals surface area contributed by atoms with E-state index >= 15 is 0 Å². The second kappa shape index (κ2) is 2.17. The Balaban J connectivity index is 3.87. The van der Waals surface area contributed by atoms with Gasteiger partial charge in [-0.05, 0) is 0 Å². The van der Waals surface area contributed by atoms with Gasteiger partial charge in [0.25, 0.3) is 0 Å². The van der Waals surface area contributed by atoms with Gasteiger partial charge in [-0.1, -0.05) is 20.8 Å². The van der Waals surface area contributed by atoms with Crippen LogP contribution in [-0.2, 0) is 0 Å². The number of hydrogen-bond donors (Lipinski definition) is 0. The van der Waals surface area contributed by atoms with Crippen molar-refractivity contribution in [2.45, 2.75) is 33.7 Å². The third kappa shape index (κ3) is 1.97. The van der Waals surface area contributed by atoms with Gasteiger partial charge in [0, 0.05) is 12.3 Å². The quantitative estimate of drug-likeness (QED) is 0.422. The third-order valence-corrected chi connectivity index (χ3v) is 1.45. The van der Waals surface area contributed by atoms with E-state index in [1.807, 2.05) is 6.92 Å². The summed E-state index contributed by atoms with van der Waals surface area (Å²) in [5, 5.41) is 0. The van der Waals surface area contributed by atoms with Crippen molar-refractivity contribution in [3.63, 3.8) is 0 Å². The van der Waals surface area contributed by atoms with Crippen molar-refractivity contribution in [2.75, 3.05) is 0 Å². The maximum absolute atomic E-state index is 6.69. The average molecular weight is 111 g/mol. The molecule has 0 bridgehead atoms. The van der Waals surface area contributed by atoms with Gasteiger partial charge in [0.2, 0.25) is 6.04 Å². The van der Waals surface area contributed by atoms with E-state index in [0.29, 0.717) is 0 Å². The minimum absolute atomic E-state index is 0.141. The minimum Gasteiger partial charge on any atom is -0.313 e. The molecule has 0 heterocycles. The van der Waals surface area contributed by atoms with Gasteiger partial charge in [0.05, 0.1) is 0 Å². The zero-order valence-electron chi connectivity index (χ0n) is 6.02. The molecular formula is C7H13N. The highest BCUT2D eigenvalue weighted by atomic mass is 14.7. The Labute approximate surface area is 51.5 Å². The van der Waals surface area contributed by atoms with E-state index in [-0.39, 0.29) is 11.5 Å². The lowest BCUT2D eigenvalue weighted by Gasteiger charge is -2.15. The lowest BCUT2D eigenvalue weighted by atomic mass is 9.89. The third-order valence-electron chi connectivity index (χ3n) is 1.45. The summed E-state index contributed by atoms with van der Waals surface area (Å²) in [7, 11) is 0. The molecule has 0 aromatic heterocycles. The number of rotatable bonds is 0. The largest absolute Gasteiger partial charge is 0.313 e. The smallest absolute Gasteiger partial charge is 0.225 e. The fraction of sp³-hybridized carbons (Fsp3) is 0.857. The van der Waals surface area contributed by atoms with Crippen LogP contribution < -0.4 is 0 Å². The van der Waals surface area contributed by atoms with Crippen molar-refractivity contribution in [3.05, 3.63) is 11.4 Å². The maximum atomic E-state index is 6.69. The molecular weight excluding hydrogens is 98.1 g/mol. The molecule has 0 fully saturated rings. The van der Waals surface area contributed by atoms with Gasteiger partial charge >= 0.3 is 0 Å². The van der Waals surface area contributed by atoms with E-state index in [2.05, 4.69) is 25.6 Å². The SMILES string of the molecule is [C-]#[N+][C@@H](C)C(C)(C)C. The average Bonchev–Trinajstić information content (AvgIpc) is 1.62. The van der Waals surface area contributed by atoms with Crippen LogP contribution in [0.25, 0.3) is 4.85 Å². The normalized spacial score (nSPS) is 14.9. The van der Waals surface area contributed by atoms with E-state index in [1.165, 1.54) is 0 Å². The molecule has 8 heavy (non-hydrogen) atoms. The highest BCUT2D eigenvalue weighted by Crippen LogP contribution is 2.20. The molecule has 0 aromatic rings. The predicted molar refractivity (Wildman–Crippen MR) is 35.5 cm³/mol. The fourth-order valence-corrected chi connectivity index (χ4v) is 0.194. The van der Waals surface area contributed by atoms with Crippen molar-refractivity contribution < 1.29 is 0 Å². The maximum Gasteiger partial charge on any atom is 0.225 e. The number of hydrogen-bond acceptors (Lipinski definition) is 0. The Bertz CT molecular complexity index is 103. The van der Waals surface area contributed by atoms with Crippen molar-refractivity contribution in [2.24, 2.45) is 5.41 Å². The fourth-order valence-electron chi connectivity index (χ4n) is 0.194. The zero-order valence-corrected chi connectivity index (χ0v) is 6.02. The summed E-state index contributed by atoms with van der Waals surface area (Å²) in [6.07, 6.45) is 0. The lowest BCUT2D eigenvalue weighted by molar-refractivity contribution is 0.375. The molecule has 0 N–H and O–H groups in total. The van der Waals surface area contributed by atoms with Crippen LogP contribution in [0.15, 0.2) is 0 Å². The molecule has 1 nitrogen and oxygen atoms in total. The molecule has 1 heteroatoms. The highest BCUT2D eigenvalue weighted by molar-refractivity contribution is 4.84. The van der Waals surface area contributed by atoms with Gasteiger partial charge in [-0.25, -0.2) is 6.57 Å². The molecule has 0 radical (unpaired) electrons. The first-order valence-electron chi connectivity index (χ1n) is 2.85. The van der Waals surface area contributed by atoms with E-state index in [4.69, 9.17) is 6.57 Å². The molecule has 0 amide bonds. The first-order valence-corrected chi connectivity index (χ1v) is 2.85. The topological polar surface area (TPSA) is 4.36 Å². The van der Waals surface area contributed by atoms with Crippen molar-refractivity contribution in [1.29, 1.82) is 0 Å². The molecule has 0 spiro atoms. The monoisotopic (exact) mass is 111 g/mol. The minimum atomic E-state index is 0.141. The summed E-state index contributed by atoms with van der Waals surface area (Å²) in [6, 6.07) is 0.141. The van der Waals surface area contributed by atoms with Gasteiger partial charge in [0.15, 0.2) is 0 Å². The Morgan fingerprint density at radius 2 is 1.75 bits per heavy atom. The summed E-state index contributed by atoms with van der Waals surface area (Å²) in [5.41, 5.74) is 0.155. The van der Waals surface area contributed by atoms with Crippen LogP contribution in [0, 0.1) is 12.0 Å². The summed E-state index contributed by atoms with van der Waals surface area (Å²) >= 11 is 0. The summed E-state index contributed by atoms with van der Waals surface area (Å²) in [4.78, 5) is 3.41. The Morgan fingerprint density at radius 1 is 1.38 bits per heavy atom. The molecule has 1 atom stereocenters. The lowest BCUT2D eigenvalue weighted by Crippen LogP contribution is -2.18. The van der Waals surface area contributed by atoms with Crippen LogP contribution in [0.1, 0.15) is 27.7 Å². The van der Waals surface area contributed by atoms with E-state index in [9.17, 15) is 0 Å². The molecule has 0 saturated carbocycles. The van der Waals surface area contributed by atoms with Crippen LogP contribution in [0.4, 0.5) is 0 Å². The number of nitrogens with zero attached hydrogens (tertiary/aromatic N) is 1. The van der Waals surface area contributed by atoms with E-state index in [1.54, 1.807) is 0 Å². The first kappa shape index (κ1) is 7.49. The molecule has 0 aliphatic carbocycles. The van der Waals surface area contributed by atoms with E-state index < -0.39 is 0 Å². The van der Waals surface area contributed by atoms with Crippen molar-refractivity contribution in [1.82, 2.24) is 0 Å². The van der Waals surface area contributed by atoms with Crippen LogP contribution in [0.3, 0.4) is 0 Å².